The molecular formula is C18H17ClFN3O3S. The van der Waals surface area contributed by atoms with Crippen molar-refractivity contribution in [3.05, 3.63) is 53.4 Å². The van der Waals surface area contributed by atoms with Gasteiger partial charge in [-0.05, 0) is 36.4 Å². The Morgan fingerprint density at radius 3 is 2.59 bits per heavy atom. The number of likely N-dealkylation sites (N-methyl/N-ethyl adjacent to an activating group) is 1. The lowest BCUT2D eigenvalue weighted by Crippen LogP contribution is -2.60. The number of hydrogen-bond donors (Lipinski definition) is 2. The lowest BCUT2D eigenvalue weighted by Gasteiger charge is -2.43. The van der Waals surface area contributed by atoms with Crippen LogP contribution in [0.5, 0.6) is 5.75 Å². The summed E-state index contributed by atoms with van der Waals surface area (Å²) in [6.45, 7) is 0.505. The van der Waals surface area contributed by atoms with E-state index < -0.39 is 15.8 Å². The van der Waals surface area contributed by atoms with E-state index in [9.17, 15) is 17.9 Å². The van der Waals surface area contributed by atoms with Gasteiger partial charge in [-0.1, -0.05) is 11.6 Å². The molecule has 0 unspecified atom stereocenters. The molecular weight excluding hydrogens is 393 g/mol. The van der Waals surface area contributed by atoms with Crippen molar-refractivity contribution in [2.75, 3.05) is 25.0 Å². The average Bonchev–Trinajstić information content (AvgIpc) is 2.93. The van der Waals surface area contributed by atoms with Crippen LogP contribution in [0.25, 0.3) is 10.9 Å². The number of hydrogen-bond acceptors (Lipinski definition) is 4. The molecule has 0 spiro atoms. The Balaban J connectivity index is 1.54. The van der Waals surface area contributed by atoms with Gasteiger partial charge in [-0.2, -0.15) is 4.31 Å². The van der Waals surface area contributed by atoms with Gasteiger partial charge < -0.3 is 15.0 Å². The van der Waals surface area contributed by atoms with Crippen molar-refractivity contribution in [2.24, 2.45) is 0 Å². The quantitative estimate of drug-likeness (QED) is 0.694. The second-order valence-corrected chi connectivity index (χ2v) is 8.88. The molecule has 1 aromatic heterocycles. The number of anilines is 1. The minimum atomic E-state index is -3.94. The first-order valence-electron chi connectivity index (χ1n) is 8.25. The zero-order valence-electron chi connectivity index (χ0n) is 14.4. The van der Waals surface area contributed by atoms with E-state index in [1.807, 2.05) is 11.9 Å². The highest BCUT2D eigenvalue weighted by atomic mass is 35.5. The maximum Gasteiger partial charge on any atom is 0.246 e. The summed E-state index contributed by atoms with van der Waals surface area (Å²) in [5.74, 6) is -0.653. The molecule has 1 aliphatic heterocycles. The SMILES string of the molecule is CN(c1ccc(O)cc1)C1CN(S(=O)(=O)c2cc3[nH]cc(Cl)c3cc2F)C1. The number of aromatic amines is 1. The van der Waals surface area contributed by atoms with E-state index in [1.54, 1.807) is 24.3 Å². The van der Waals surface area contributed by atoms with Gasteiger partial charge in [-0.25, -0.2) is 12.8 Å². The molecule has 0 radical (unpaired) electrons. The number of phenols is 1. The zero-order chi connectivity index (χ0) is 19.3. The molecule has 2 aromatic carbocycles. The van der Waals surface area contributed by atoms with Crippen LogP contribution in [0.3, 0.4) is 0 Å². The summed E-state index contributed by atoms with van der Waals surface area (Å²) in [5, 5.41) is 10.2. The number of benzene rings is 2. The molecule has 9 heteroatoms. The number of phenolic OH excluding ortho intramolecular Hbond substituents is 1. The third-order valence-corrected chi connectivity index (χ3v) is 7.09. The number of sulfonamides is 1. The van der Waals surface area contributed by atoms with Crippen molar-refractivity contribution in [1.82, 2.24) is 9.29 Å². The Kier molecular flexibility index (Phi) is 4.29. The largest absolute Gasteiger partial charge is 0.508 e. The van der Waals surface area contributed by atoms with Gasteiger partial charge in [-0.15, -0.1) is 0 Å². The molecule has 1 saturated heterocycles. The van der Waals surface area contributed by atoms with Crippen molar-refractivity contribution < 1.29 is 17.9 Å². The van der Waals surface area contributed by atoms with E-state index in [0.29, 0.717) is 15.9 Å². The van der Waals surface area contributed by atoms with Crippen LogP contribution in [0.15, 0.2) is 47.5 Å². The standard InChI is InChI=1S/C18H17ClFN3O3S/c1-22(11-2-4-13(24)5-3-11)12-9-23(10-12)27(25,26)18-7-17-14(6-16(18)20)15(19)8-21-17/h2-8,12,21,24H,9-10H2,1H3. The van der Waals surface area contributed by atoms with Crippen molar-refractivity contribution in [3.63, 3.8) is 0 Å². The number of aromatic hydroxyl groups is 1. The van der Waals surface area contributed by atoms with Crippen LogP contribution < -0.4 is 4.90 Å². The van der Waals surface area contributed by atoms with E-state index in [0.717, 1.165) is 11.8 Å². The predicted molar refractivity (Wildman–Crippen MR) is 102 cm³/mol. The molecule has 27 heavy (non-hydrogen) atoms. The zero-order valence-corrected chi connectivity index (χ0v) is 15.9. The number of halogens is 2. The fourth-order valence-corrected chi connectivity index (χ4v) is 4.98. The van der Waals surface area contributed by atoms with Crippen molar-refractivity contribution >= 4 is 38.2 Å². The maximum atomic E-state index is 14.4. The Labute approximate surface area is 160 Å². The van der Waals surface area contributed by atoms with E-state index >= 15 is 0 Å². The minimum absolute atomic E-state index is 0.0314. The molecule has 6 nitrogen and oxygen atoms in total. The average molecular weight is 410 g/mol. The highest BCUT2D eigenvalue weighted by Crippen LogP contribution is 2.32. The highest BCUT2D eigenvalue weighted by Gasteiger charge is 2.40. The molecule has 0 amide bonds. The molecule has 2 N–H and O–H groups in total. The summed E-state index contributed by atoms with van der Waals surface area (Å²) >= 11 is 5.96. The fraction of sp³-hybridized carbons (Fsp3) is 0.222. The summed E-state index contributed by atoms with van der Waals surface area (Å²) in [6, 6.07) is 9.06. The Morgan fingerprint density at radius 2 is 1.93 bits per heavy atom. The third kappa shape index (κ3) is 3.03. The van der Waals surface area contributed by atoms with Gasteiger partial charge in [0.25, 0.3) is 0 Å². The molecule has 2 heterocycles. The smallest absolute Gasteiger partial charge is 0.246 e. The van der Waals surface area contributed by atoms with E-state index in [2.05, 4.69) is 4.98 Å². The number of aromatic nitrogens is 1. The summed E-state index contributed by atoms with van der Waals surface area (Å²) in [7, 11) is -2.09. The number of rotatable bonds is 4. The van der Waals surface area contributed by atoms with Crippen LogP contribution in [-0.4, -0.2) is 49.0 Å². The molecule has 0 aliphatic carbocycles. The molecule has 0 saturated carbocycles. The minimum Gasteiger partial charge on any atom is -0.508 e. The maximum absolute atomic E-state index is 14.4. The molecule has 142 valence electrons. The second-order valence-electron chi connectivity index (χ2n) is 6.57. The Morgan fingerprint density at radius 1 is 1.26 bits per heavy atom. The molecule has 0 bridgehead atoms. The second kappa shape index (κ2) is 6.40. The van der Waals surface area contributed by atoms with E-state index in [-0.39, 0.29) is 29.8 Å². The van der Waals surface area contributed by atoms with Gasteiger partial charge in [0.1, 0.15) is 16.5 Å². The predicted octanol–water partition coefficient (Wildman–Crippen LogP) is 3.18. The topological polar surface area (TPSA) is 76.6 Å². The lowest BCUT2D eigenvalue weighted by atomic mass is 10.1. The fourth-order valence-electron chi connectivity index (χ4n) is 3.18. The van der Waals surface area contributed by atoms with Crippen molar-refractivity contribution in [3.8, 4) is 5.75 Å². The van der Waals surface area contributed by atoms with Gasteiger partial charge in [0.05, 0.1) is 11.1 Å². The molecule has 3 aromatic rings. The van der Waals surface area contributed by atoms with Crippen LogP contribution in [0.1, 0.15) is 0 Å². The number of nitrogens with zero attached hydrogens (tertiary/aromatic N) is 2. The molecule has 1 fully saturated rings. The lowest BCUT2D eigenvalue weighted by molar-refractivity contribution is 0.258. The van der Waals surface area contributed by atoms with Crippen LogP contribution >= 0.6 is 11.6 Å². The number of nitrogens with one attached hydrogen (secondary N) is 1. The first-order chi connectivity index (χ1) is 12.8. The number of H-pyrrole nitrogens is 1. The summed E-state index contributed by atoms with van der Waals surface area (Å²) in [5.41, 5.74) is 1.33. The first-order valence-corrected chi connectivity index (χ1v) is 10.1. The molecule has 0 atom stereocenters. The first kappa shape index (κ1) is 18.1. The van der Waals surface area contributed by atoms with Gasteiger partial charge in [0.2, 0.25) is 10.0 Å². The van der Waals surface area contributed by atoms with Crippen molar-refractivity contribution in [2.45, 2.75) is 10.9 Å². The summed E-state index contributed by atoms with van der Waals surface area (Å²) in [4.78, 5) is 4.42. The molecule has 1 aliphatic rings. The van der Waals surface area contributed by atoms with Crippen LogP contribution in [0.2, 0.25) is 5.02 Å². The van der Waals surface area contributed by atoms with Gasteiger partial charge in [0, 0.05) is 42.9 Å². The van der Waals surface area contributed by atoms with Gasteiger partial charge in [0.15, 0.2) is 0 Å². The monoisotopic (exact) mass is 409 g/mol. The van der Waals surface area contributed by atoms with Crippen LogP contribution in [0.4, 0.5) is 10.1 Å². The van der Waals surface area contributed by atoms with E-state index in [1.165, 1.54) is 16.6 Å². The Bertz CT molecular complexity index is 1110. The van der Waals surface area contributed by atoms with Crippen LogP contribution in [0, 0.1) is 5.82 Å². The van der Waals surface area contributed by atoms with E-state index in [4.69, 9.17) is 11.6 Å². The van der Waals surface area contributed by atoms with Gasteiger partial charge >= 0.3 is 0 Å². The summed E-state index contributed by atoms with van der Waals surface area (Å²) in [6.07, 6.45) is 1.49. The third-order valence-electron chi connectivity index (χ3n) is 4.94. The summed E-state index contributed by atoms with van der Waals surface area (Å²) < 4.78 is 41.3. The normalized spacial score (nSPS) is 15.8. The molecule has 4 rings (SSSR count). The highest BCUT2D eigenvalue weighted by molar-refractivity contribution is 7.89. The van der Waals surface area contributed by atoms with Gasteiger partial charge in [-0.3, -0.25) is 0 Å². The van der Waals surface area contributed by atoms with Crippen molar-refractivity contribution in [1.29, 1.82) is 0 Å². The van der Waals surface area contributed by atoms with Crippen LogP contribution in [-0.2, 0) is 10.0 Å². The number of fused-ring (bicyclic) bond motifs is 1. The Hall–Kier alpha value is -2.29.